The van der Waals surface area contributed by atoms with E-state index in [9.17, 15) is 4.79 Å². The highest BCUT2D eigenvalue weighted by molar-refractivity contribution is 5.85. The molecule has 0 heterocycles. The van der Waals surface area contributed by atoms with Crippen molar-refractivity contribution in [1.82, 2.24) is 4.90 Å². The minimum Gasteiger partial charge on any atom is -0.375 e. The molecule has 0 aliphatic rings. The molecule has 1 rings (SSSR count). The molecule has 0 spiro atoms. The molecule has 0 saturated carbocycles. The fourth-order valence-corrected chi connectivity index (χ4v) is 2.62. The van der Waals surface area contributed by atoms with Crippen molar-refractivity contribution in [2.24, 2.45) is 5.73 Å². The van der Waals surface area contributed by atoms with E-state index in [1.165, 1.54) is 0 Å². The summed E-state index contributed by atoms with van der Waals surface area (Å²) in [5, 5.41) is 0. The van der Waals surface area contributed by atoms with Crippen LogP contribution < -0.4 is 5.73 Å². The van der Waals surface area contributed by atoms with Crippen molar-refractivity contribution < 1.29 is 9.53 Å². The lowest BCUT2D eigenvalue weighted by Gasteiger charge is -2.26. The number of rotatable bonds is 13. The first-order chi connectivity index (χ1) is 11.7. The maximum absolute atomic E-state index is 12.6. The average molecular weight is 371 g/mol. The van der Waals surface area contributed by atoms with Crippen molar-refractivity contribution in [3.8, 4) is 0 Å². The molecule has 0 aromatic heterocycles. The Labute approximate surface area is 159 Å². The number of amides is 1. The Hall–Kier alpha value is -1.10. The van der Waals surface area contributed by atoms with Gasteiger partial charge < -0.3 is 15.4 Å². The highest BCUT2D eigenvalue weighted by Crippen LogP contribution is 2.06. The molecule has 0 radical (unpaired) electrons. The second kappa shape index (κ2) is 15.2. The molecule has 5 heteroatoms. The monoisotopic (exact) mass is 370 g/mol. The first-order valence-electron chi connectivity index (χ1n) is 9.35. The minimum absolute atomic E-state index is 0. The van der Waals surface area contributed by atoms with E-state index in [1.54, 1.807) is 0 Å². The van der Waals surface area contributed by atoms with Gasteiger partial charge in [-0.25, -0.2) is 0 Å². The number of unbranched alkanes of at least 4 members (excludes halogenated alkanes) is 4. The summed E-state index contributed by atoms with van der Waals surface area (Å²) in [4.78, 5) is 14.5. The molecular weight excluding hydrogens is 336 g/mol. The lowest BCUT2D eigenvalue weighted by atomic mass is 10.2. The van der Waals surface area contributed by atoms with Crippen molar-refractivity contribution in [3.63, 3.8) is 0 Å². The number of carbonyl (C=O) groups excluding carboxylic acids is 1. The third kappa shape index (κ3) is 10.5. The van der Waals surface area contributed by atoms with Gasteiger partial charge in [0.25, 0.3) is 0 Å². The second-order valence-electron chi connectivity index (χ2n) is 6.35. The third-order valence-corrected chi connectivity index (χ3v) is 4.10. The molecule has 4 nitrogen and oxygen atoms in total. The third-order valence-electron chi connectivity index (χ3n) is 4.10. The van der Waals surface area contributed by atoms with Crippen LogP contribution in [-0.2, 0) is 16.1 Å². The van der Waals surface area contributed by atoms with Crippen LogP contribution in [-0.4, -0.2) is 36.5 Å². The first-order valence-corrected chi connectivity index (χ1v) is 9.35. The Morgan fingerprint density at radius 2 is 1.60 bits per heavy atom. The van der Waals surface area contributed by atoms with Crippen LogP contribution >= 0.6 is 12.4 Å². The molecule has 0 bridgehead atoms. The Kier molecular flexibility index (Phi) is 14.5. The van der Waals surface area contributed by atoms with Crippen molar-refractivity contribution >= 4 is 18.3 Å². The molecule has 1 atom stereocenters. The van der Waals surface area contributed by atoms with Crippen LogP contribution in [0, 0.1) is 0 Å². The molecule has 144 valence electrons. The van der Waals surface area contributed by atoms with E-state index in [-0.39, 0.29) is 24.9 Å². The van der Waals surface area contributed by atoms with Crippen LogP contribution in [0.15, 0.2) is 30.3 Å². The predicted molar refractivity (Wildman–Crippen MR) is 107 cm³/mol. The SMILES string of the molecule is CCCCCN(CCCCC)C(=O)[C@@H](N)COCc1ccccc1.Cl. The van der Waals surface area contributed by atoms with Gasteiger partial charge >= 0.3 is 0 Å². The first kappa shape index (κ1) is 23.9. The molecule has 25 heavy (non-hydrogen) atoms. The maximum Gasteiger partial charge on any atom is 0.241 e. The fourth-order valence-electron chi connectivity index (χ4n) is 2.62. The number of benzene rings is 1. The number of nitrogens with two attached hydrogens (primary N) is 1. The smallest absolute Gasteiger partial charge is 0.241 e. The average Bonchev–Trinajstić information content (AvgIpc) is 2.61. The van der Waals surface area contributed by atoms with E-state index < -0.39 is 6.04 Å². The van der Waals surface area contributed by atoms with Gasteiger partial charge in [-0.1, -0.05) is 69.9 Å². The van der Waals surface area contributed by atoms with Gasteiger partial charge in [0.05, 0.1) is 13.2 Å². The van der Waals surface area contributed by atoms with Crippen LogP contribution in [0.5, 0.6) is 0 Å². The normalized spacial score (nSPS) is 11.6. The van der Waals surface area contributed by atoms with E-state index in [0.717, 1.165) is 57.2 Å². The van der Waals surface area contributed by atoms with Crippen molar-refractivity contribution in [3.05, 3.63) is 35.9 Å². The van der Waals surface area contributed by atoms with Gasteiger partial charge in [-0.3, -0.25) is 4.79 Å². The number of ether oxygens (including phenoxy) is 1. The summed E-state index contributed by atoms with van der Waals surface area (Å²) in [6.07, 6.45) is 6.71. The van der Waals surface area contributed by atoms with Gasteiger partial charge in [0.1, 0.15) is 6.04 Å². The lowest BCUT2D eigenvalue weighted by molar-refractivity contribution is -0.134. The Morgan fingerprint density at radius 1 is 1.04 bits per heavy atom. The van der Waals surface area contributed by atoms with Gasteiger partial charge in [-0.05, 0) is 18.4 Å². The zero-order valence-electron chi connectivity index (χ0n) is 15.8. The molecule has 1 aromatic rings. The Morgan fingerprint density at radius 3 is 2.12 bits per heavy atom. The number of halogens is 1. The highest BCUT2D eigenvalue weighted by atomic mass is 35.5. The predicted octanol–water partition coefficient (Wildman–Crippen LogP) is 4.16. The van der Waals surface area contributed by atoms with E-state index in [4.69, 9.17) is 10.5 Å². The van der Waals surface area contributed by atoms with Gasteiger partial charge in [-0.15, -0.1) is 12.4 Å². The van der Waals surface area contributed by atoms with Crippen molar-refractivity contribution in [2.45, 2.75) is 65.0 Å². The maximum atomic E-state index is 12.6. The number of nitrogens with zero attached hydrogens (tertiary/aromatic N) is 1. The van der Waals surface area contributed by atoms with Gasteiger partial charge in [0.2, 0.25) is 5.91 Å². The zero-order chi connectivity index (χ0) is 17.6. The standard InChI is InChI=1S/C20H34N2O2.ClH/c1-3-5-10-14-22(15-11-6-4-2)20(23)19(21)17-24-16-18-12-8-7-9-13-18;/h7-9,12-13,19H,3-6,10-11,14-17,21H2,1-2H3;1H/t19-;/m0./s1. The summed E-state index contributed by atoms with van der Waals surface area (Å²) in [5.41, 5.74) is 7.17. The van der Waals surface area contributed by atoms with Crippen LogP contribution in [0.1, 0.15) is 57.9 Å². The highest BCUT2D eigenvalue weighted by Gasteiger charge is 2.20. The van der Waals surface area contributed by atoms with Crippen LogP contribution in [0.3, 0.4) is 0 Å². The van der Waals surface area contributed by atoms with Crippen LogP contribution in [0.4, 0.5) is 0 Å². The molecule has 1 aromatic carbocycles. The second-order valence-corrected chi connectivity index (χ2v) is 6.35. The number of hydrogen-bond acceptors (Lipinski definition) is 3. The zero-order valence-corrected chi connectivity index (χ0v) is 16.6. The summed E-state index contributed by atoms with van der Waals surface area (Å²) >= 11 is 0. The number of carbonyl (C=O) groups is 1. The van der Waals surface area contributed by atoms with Gasteiger partial charge in [0.15, 0.2) is 0 Å². The lowest BCUT2D eigenvalue weighted by Crippen LogP contribution is -2.47. The van der Waals surface area contributed by atoms with Gasteiger partial charge in [-0.2, -0.15) is 0 Å². The quantitative estimate of drug-likeness (QED) is 0.530. The molecule has 0 aliphatic carbocycles. The van der Waals surface area contributed by atoms with E-state index in [2.05, 4.69) is 13.8 Å². The summed E-state index contributed by atoms with van der Waals surface area (Å²) in [5.74, 6) is 0.0234. The molecule has 1 amide bonds. The molecule has 0 fully saturated rings. The number of hydrogen-bond donors (Lipinski definition) is 1. The van der Waals surface area contributed by atoms with Crippen molar-refractivity contribution in [1.29, 1.82) is 0 Å². The van der Waals surface area contributed by atoms with Crippen LogP contribution in [0.2, 0.25) is 0 Å². The minimum atomic E-state index is -0.572. The van der Waals surface area contributed by atoms with Crippen molar-refractivity contribution in [2.75, 3.05) is 19.7 Å². The molecule has 0 unspecified atom stereocenters. The van der Waals surface area contributed by atoms with Crippen LogP contribution in [0.25, 0.3) is 0 Å². The van der Waals surface area contributed by atoms with E-state index >= 15 is 0 Å². The summed E-state index contributed by atoms with van der Waals surface area (Å²) in [6.45, 7) is 6.73. The Balaban J connectivity index is 0.00000576. The van der Waals surface area contributed by atoms with Gasteiger partial charge in [0, 0.05) is 13.1 Å². The Bertz CT molecular complexity index is 433. The van der Waals surface area contributed by atoms with E-state index in [1.807, 2.05) is 35.2 Å². The molecular formula is C20H35ClN2O2. The molecule has 2 N–H and O–H groups in total. The summed E-state index contributed by atoms with van der Waals surface area (Å²) in [7, 11) is 0. The fraction of sp³-hybridized carbons (Fsp3) is 0.650. The van der Waals surface area contributed by atoms with E-state index in [0.29, 0.717) is 6.61 Å². The summed E-state index contributed by atoms with van der Waals surface area (Å²) < 4.78 is 5.63. The topological polar surface area (TPSA) is 55.6 Å². The molecule has 0 aliphatic heterocycles. The largest absolute Gasteiger partial charge is 0.375 e. The molecule has 0 saturated heterocycles. The summed E-state index contributed by atoms with van der Waals surface area (Å²) in [6, 6.07) is 9.38.